The number of nitrogens with two attached hydrogens (primary N) is 1. The first kappa shape index (κ1) is 10.8. The van der Waals surface area contributed by atoms with Gasteiger partial charge in [0.05, 0.1) is 6.42 Å². The molecule has 0 aliphatic rings. The number of hydrogen-bond donors (Lipinski definition) is 2. The van der Waals surface area contributed by atoms with Gasteiger partial charge in [-0.2, -0.15) is 0 Å². The molecule has 0 bridgehead atoms. The Balaban J connectivity index is 0.00000121. The highest BCUT2D eigenvalue weighted by atomic mass is 35.5. The average Bonchev–Trinajstić information content (AvgIpc) is 1.85. The fourth-order valence-corrected chi connectivity index (χ4v) is 0.878. The maximum atomic E-state index is 10.2. The zero-order valence-electron chi connectivity index (χ0n) is 6.36. The lowest BCUT2D eigenvalue weighted by Gasteiger charge is -1.96. The third kappa shape index (κ3) is 3.25. The number of carboxylic acids is 1. The van der Waals surface area contributed by atoms with E-state index in [0.717, 1.165) is 5.56 Å². The van der Waals surface area contributed by atoms with Crippen LogP contribution in [0.3, 0.4) is 0 Å². The van der Waals surface area contributed by atoms with E-state index in [1.54, 1.807) is 24.3 Å². The van der Waals surface area contributed by atoms with Crippen molar-refractivity contribution in [2.24, 2.45) is 0 Å². The van der Waals surface area contributed by atoms with Crippen LogP contribution in [-0.4, -0.2) is 11.1 Å². The number of nitrogen functional groups attached to an aromatic ring is 1. The Morgan fingerprint density at radius 3 is 2.67 bits per heavy atom. The van der Waals surface area contributed by atoms with Gasteiger partial charge in [-0.05, 0) is 17.7 Å². The molecule has 0 saturated heterocycles. The van der Waals surface area contributed by atoms with Crippen LogP contribution in [-0.2, 0) is 11.2 Å². The summed E-state index contributed by atoms with van der Waals surface area (Å²) in [4.78, 5) is 10.2. The molecular formula is C8H10ClNO2. The molecule has 0 aromatic heterocycles. The van der Waals surface area contributed by atoms with E-state index >= 15 is 0 Å². The first-order valence-electron chi connectivity index (χ1n) is 3.24. The Labute approximate surface area is 76.6 Å². The molecule has 1 aromatic carbocycles. The first-order chi connectivity index (χ1) is 5.18. The van der Waals surface area contributed by atoms with Crippen LogP contribution in [0, 0.1) is 0 Å². The molecule has 1 rings (SSSR count). The molecule has 0 atom stereocenters. The highest BCUT2D eigenvalue weighted by Gasteiger charge is 1.98. The topological polar surface area (TPSA) is 63.3 Å². The number of benzene rings is 1. The van der Waals surface area contributed by atoms with Crippen molar-refractivity contribution in [3.63, 3.8) is 0 Å². The van der Waals surface area contributed by atoms with Gasteiger partial charge < -0.3 is 10.8 Å². The molecule has 0 spiro atoms. The van der Waals surface area contributed by atoms with Gasteiger partial charge in [0.1, 0.15) is 0 Å². The van der Waals surface area contributed by atoms with E-state index in [-0.39, 0.29) is 18.8 Å². The van der Waals surface area contributed by atoms with Crippen LogP contribution in [0.15, 0.2) is 24.3 Å². The minimum atomic E-state index is -0.837. The largest absolute Gasteiger partial charge is 0.481 e. The number of carbonyl (C=O) groups is 1. The summed E-state index contributed by atoms with van der Waals surface area (Å²) in [5.74, 6) is -0.837. The fourth-order valence-electron chi connectivity index (χ4n) is 0.878. The van der Waals surface area contributed by atoms with Crippen LogP contribution in [0.25, 0.3) is 0 Å². The molecule has 1 aromatic rings. The van der Waals surface area contributed by atoms with Gasteiger partial charge in [-0.15, -0.1) is 12.4 Å². The predicted molar refractivity (Wildman–Crippen MR) is 49.4 cm³/mol. The number of rotatable bonds is 2. The molecular weight excluding hydrogens is 178 g/mol. The standard InChI is InChI=1S/C8H9NO2.ClH/c9-7-3-1-2-6(4-7)5-8(10)11;/h1-4H,5,9H2,(H,10,11);1H. The molecule has 3 N–H and O–H groups in total. The lowest BCUT2D eigenvalue weighted by Crippen LogP contribution is -2.00. The van der Waals surface area contributed by atoms with E-state index in [9.17, 15) is 4.79 Å². The normalized spacial score (nSPS) is 8.67. The van der Waals surface area contributed by atoms with E-state index in [1.165, 1.54) is 0 Å². The summed E-state index contributed by atoms with van der Waals surface area (Å²) in [5.41, 5.74) is 6.78. The average molecular weight is 188 g/mol. The minimum absolute atomic E-state index is 0. The van der Waals surface area contributed by atoms with Crippen LogP contribution in [0.2, 0.25) is 0 Å². The quantitative estimate of drug-likeness (QED) is 0.687. The summed E-state index contributed by atoms with van der Waals surface area (Å²) in [6, 6.07) is 6.87. The van der Waals surface area contributed by atoms with Crippen molar-refractivity contribution in [1.82, 2.24) is 0 Å². The second-order valence-corrected chi connectivity index (χ2v) is 2.32. The second kappa shape index (κ2) is 4.62. The summed E-state index contributed by atoms with van der Waals surface area (Å²) in [5, 5.41) is 8.42. The molecule has 0 heterocycles. The number of halogens is 1. The molecule has 0 aliphatic heterocycles. The lowest BCUT2D eigenvalue weighted by molar-refractivity contribution is -0.136. The molecule has 0 aliphatic carbocycles. The zero-order valence-corrected chi connectivity index (χ0v) is 7.17. The maximum absolute atomic E-state index is 10.2. The third-order valence-corrected chi connectivity index (χ3v) is 1.31. The Morgan fingerprint density at radius 1 is 1.50 bits per heavy atom. The van der Waals surface area contributed by atoms with Gasteiger partial charge in [-0.3, -0.25) is 4.79 Å². The molecule has 0 fully saturated rings. The van der Waals surface area contributed by atoms with Crippen molar-refractivity contribution in [3.05, 3.63) is 29.8 Å². The van der Waals surface area contributed by atoms with Gasteiger partial charge in [0.2, 0.25) is 0 Å². The maximum Gasteiger partial charge on any atom is 0.307 e. The Morgan fingerprint density at radius 2 is 2.17 bits per heavy atom. The van der Waals surface area contributed by atoms with E-state index in [1.807, 2.05) is 0 Å². The number of carboxylic acid groups (broad SMARTS) is 1. The molecule has 0 amide bonds. The van der Waals surface area contributed by atoms with Crippen molar-refractivity contribution >= 4 is 24.1 Å². The third-order valence-electron chi connectivity index (χ3n) is 1.31. The number of anilines is 1. The highest BCUT2D eigenvalue weighted by molar-refractivity contribution is 5.85. The molecule has 0 saturated carbocycles. The Kier molecular flexibility index (Phi) is 4.15. The van der Waals surface area contributed by atoms with Crippen molar-refractivity contribution in [2.75, 3.05) is 5.73 Å². The first-order valence-corrected chi connectivity index (χ1v) is 3.24. The van der Waals surface area contributed by atoms with Gasteiger partial charge in [0, 0.05) is 5.69 Å². The van der Waals surface area contributed by atoms with Gasteiger partial charge in [-0.25, -0.2) is 0 Å². The van der Waals surface area contributed by atoms with Crippen molar-refractivity contribution in [2.45, 2.75) is 6.42 Å². The molecule has 3 nitrogen and oxygen atoms in total. The SMILES string of the molecule is Cl.Nc1cccc(CC(=O)O)c1. The monoisotopic (exact) mass is 187 g/mol. The van der Waals surface area contributed by atoms with Gasteiger partial charge in [0.15, 0.2) is 0 Å². The van der Waals surface area contributed by atoms with Gasteiger partial charge in [0.25, 0.3) is 0 Å². The minimum Gasteiger partial charge on any atom is -0.481 e. The van der Waals surface area contributed by atoms with Crippen molar-refractivity contribution in [1.29, 1.82) is 0 Å². The van der Waals surface area contributed by atoms with Crippen LogP contribution >= 0.6 is 12.4 Å². The smallest absolute Gasteiger partial charge is 0.307 e. The van der Waals surface area contributed by atoms with E-state index in [4.69, 9.17) is 10.8 Å². The Bertz CT molecular complexity index is 276. The number of hydrogen-bond acceptors (Lipinski definition) is 2. The molecule has 0 unspecified atom stereocenters. The molecule has 4 heteroatoms. The number of aliphatic carboxylic acids is 1. The van der Waals surface area contributed by atoms with Crippen molar-refractivity contribution < 1.29 is 9.90 Å². The van der Waals surface area contributed by atoms with Crippen LogP contribution in [0.4, 0.5) is 5.69 Å². The van der Waals surface area contributed by atoms with E-state index in [2.05, 4.69) is 0 Å². The van der Waals surface area contributed by atoms with Crippen molar-refractivity contribution in [3.8, 4) is 0 Å². The predicted octanol–water partition coefficient (Wildman–Crippen LogP) is 1.32. The molecule has 66 valence electrons. The van der Waals surface area contributed by atoms with E-state index < -0.39 is 5.97 Å². The highest BCUT2D eigenvalue weighted by Crippen LogP contribution is 2.06. The van der Waals surface area contributed by atoms with Crippen LogP contribution in [0.5, 0.6) is 0 Å². The molecule has 0 radical (unpaired) electrons. The summed E-state index contributed by atoms with van der Waals surface area (Å²) in [6.45, 7) is 0. The van der Waals surface area contributed by atoms with Crippen LogP contribution in [0.1, 0.15) is 5.56 Å². The van der Waals surface area contributed by atoms with E-state index in [0.29, 0.717) is 5.69 Å². The summed E-state index contributed by atoms with van der Waals surface area (Å²) >= 11 is 0. The Hall–Kier alpha value is -1.22. The molecule has 12 heavy (non-hydrogen) atoms. The van der Waals surface area contributed by atoms with Gasteiger partial charge >= 0.3 is 5.97 Å². The zero-order chi connectivity index (χ0) is 8.27. The summed E-state index contributed by atoms with van der Waals surface area (Å²) in [6.07, 6.45) is 0.0328. The van der Waals surface area contributed by atoms with Gasteiger partial charge in [-0.1, -0.05) is 12.1 Å². The summed E-state index contributed by atoms with van der Waals surface area (Å²) in [7, 11) is 0. The second-order valence-electron chi connectivity index (χ2n) is 2.32. The summed E-state index contributed by atoms with van der Waals surface area (Å²) < 4.78 is 0. The lowest BCUT2D eigenvalue weighted by atomic mass is 10.1. The van der Waals surface area contributed by atoms with Crippen LogP contribution < -0.4 is 5.73 Å². The fraction of sp³-hybridized carbons (Fsp3) is 0.125.